The molecule has 1 spiro atoms. The lowest BCUT2D eigenvalue weighted by Crippen LogP contribution is -2.52. The van der Waals surface area contributed by atoms with Crippen molar-refractivity contribution in [1.82, 2.24) is 15.5 Å². The van der Waals surface area contributed by atoms with Gasteiger partial charge in [0.25, 0.3) is 5.91 Å². The number of benzene rings is 1. The highest BCUT2D eigenvalue weighted by Gasteiger charge is 2.49. The highest BCUT2D eigenvalue weighted by atomic mass is 16.6. The van der Waals surface area contributed by atoms with Gasteiger partial charge in [0.15, 0.2) is 0 Å². The van der Waals surface area contributed by atoms with Gasteiger partial charge in [-0.2, -0.15) is 0 Å². The van der Waals surface area contributed by atoms with Crippen molar-refractivity contribution >= 4 is 29.5 Å². The zero-order chi connectivity index (χ0) is 28.2. The molecule has 2 heterocycles. The second-order valence-electron chi connectivity index (χ2n) is 13.9. The summed E-state index contributed by atoms with van der Waals surface area (Å²) in [5.41, 5.74) is 2.80. The van der Waals surface area contributed by atoms with E-state index in [1.54, 1.807) is 4.90 Å². The number of hydrogen-bond donors (Lipinski definition) is 2. The summed E-state index contributed by atoms with van der Waals surface area (Å²) in [4.78, 5) is 54.1. The van der Waals surface area contributed by atoms with Gasteiger partial charge in [-0.05, 0) is 95.1 Å². The van der Waals surface area contributed by atoms with E-state index >= 15 is 0 Å². The minimum atomic E-state index is -0.615. The molecule has 3 aliphatic carbocycles. The standard InChI is InChI=1S/C31H42N4O5/c1-30(2,3)40-29(39)32-21-12-19(13-21)16-34(17-20-14-31(15-20)10-5-11-31)24-7-4-6-22-23(24)18-35(28(22)38)25-8-9-26(36)33-27(25)37/h4,6-7,19-21,25H,5,8-18H2,1-3H3,(H,32,39)(H,33,36,37)/t19?,21?,25-/m1/s1. The van der Waals surface area contributed by atoms with Gasteiger partial charge in [0, 0.05) is 48.9 Å². The van der Waals surface area contributed by atoms with Gasteiger partial charge in [0.2, 0.25) is 11.8 Å². The monoisotopic (exact) mass is 550 g/mol. The second kappa shape index (κ2) is 10.1. The summed E-state index contributed by atoms with van der Waals surface area (Å²) in [7, 11) is 0. The number of amides is 4. The first kappa shape index (κ1) is 27.1. The van der Waals surface area contributed by atoms with Gasteiger partial charge in [-0.15, -0.1) is 0 Å². The summed E-state index contributed by atoms with van der Waals surface area (Å²) in [5, 5.41) is 5.41. The van der Waals surface area contributed by atoms with Crippen molar-refractivity contribution in [3.05, 3.63) is 29.3 Å². The number of carbonyl (C=O) groups excluding carboxylic acids is 4. The number of anilines is 1. The second-order valence-corrected chi connectivity index (χ2v) is 13.9. The minimum Gasteiger partial charge on any atom is -0.444 e. The quantitative estimate of drug-likeness (QED) is 0.494. The van der Waals surface area contributed by atoms with Gasteiger partial charge in [-0.1, -0.05) is 12.5 Å². The number of imide groups is 1. The van der Waals surface area contributed by atoms with Crippen molar-refractivity contribution < 1.29 is 23.9 Å². The first-order chi connectivity index (χ1) is 19.0. The molecular weight excluding hydrogens is 508 g/mol. The lowest BCUT2D eigenvalue weighted by atomic mass is 9.52. The molecule has 9 nitrogen and oxygen atoms in total. The van der Waals surface area contributed by atoms with Gasteiger partial charge >= 0.3 is 6.09 Å². The van der Waals surface area contributed by atoms with Gasteiger partial charge in [0.05, 0.1) is 0 Å². The van der Waals surface area contributed by atoms with Crippen LogP contribution in [0.2, 0.25) is 0 Å². The number of piperidine rings is 1. The summed E-state index contributed by atoms with van der Waals surface area (Å²) in [6, 6.07) is 5.44. The van der Waals surface area contributed by atoms with E-state index in [9.17, 15) is 19.2 Å². The molecule has 1 saturated heterocycles. The van der Waals surface area contributed by atoms with Crippen LogP contribution in [0.4, 0.5) is 10.5 Å². The molecule has 2 N–H and O–H groups in total. The fourth-order valence-corrected chi connectivity index (χ4v) is 7.62. The summed E-state index contributed by atoms with van der Waals surface area (Å²) in [6.45, 7) is 7.82. The van der Waals surface area contributed by atoms with Crippen molar-refractivity contribution in [2.24, 2.45) is 17.3 Å². The Morgan fingerprint density at radius 3 is 2.50 bits per heavy atom. The molecule has 9 heteroatoms. The summed E-state index contributed by atoms with van der Waals surface area (Å²) >= 11 is 0. The molecule has 0 unspecified atom stereocenters. The van der Waals surface area contributed by atoms with Gasteiger partial charge in [-0.3, -0.25) is 19.7 Å². The van der Waals surface area contributed by atoms with Crippen LogP contribution >= 0.6 is 0 Å². The summed E-state index contributed by atoms with van der Waals surface area (Å²) < 4.78 is 5.43. The molecule has 5 aliphatic rings. The fraction of sp³-hybridized carbons (Fsp3) is 0.677. The van der Waals surface area contributed by atoms with E-state index in [0.29, 0.717) is 35.8 Å². The third kappa shape index (κ3) is 5.31. The van der Waals surface area contributed by atoms with Crippen molar-refractivity contribution in [1.29, 1.82) is 0 Å². The predicted molar refractivity (Wildman–Crippen MR) is 150 cm³/mol. The minimum absolute atomic E-state index is 0.120. The van der Waals surface area contributed by atoms with Crippen LogP contribution in [0, 0.1) is 17.3 Å². The first-order valence-electron chi connectivity index (χ1n) is 15.0. The van der Waals surface area contributed by atoms with Crippen molar-refractivity contribution in [2.45, 2.75) is 103 Å². The van der Waals surface area contributed by atoms with Crippen molar-refractivity contribution in [3.63, 3.8) is 0 Å². The van der Waals surface area contributed by atoms with E-state index in [0.717, 1.165) is 37.2 Å². The van der Waals surface area contributed by atoms with Crippen LogP contribution < -0.4 is 15.5 Å². The highest BCUT2D eigenvalue weighted by Crippen LogP contribution is 2.59. The Balaban J connectivity index is 1.16. The smallest absolute Gasteiger partial charge is 0.407 e. The number of hydrogen-bond acceptors (Lipinski definition) is 6. The summed E-state index contributed by atoms with van der Waals surface area (Å²) in [6.07, 6.45) is 8.71. The molecule has 2 aliphatic heterocycles. The molecule has 0 aromatic heterocycles. The molecule has 1 atom stereocenters. The maximum absolute atomic E-state index is 13.4. The Labute approximate surface area is 236 Å². The van der Waals surface area contributed by atoms with Crippen LogP contribution in [-0.2, 0) is 20.9 Å². The van der Waals surface area contributed by atoms with E-state index < -0.39 is 11.6 Å². The number of nitrogens with one attached hydrogen (secondary N) is 2. The third-order valence-corrected chi connectivity index (χ3v) is 9.67. The normalized spacial score (nSPS) is 27.3. The largest absolute Gasteiger partial charge is 0.444 e. The first-order valence-corrected chi connectivity index (χ1v) is 15.0. The van der Waals surface area contributed by atoms with Crippen LogP contribution in [0.15, 0.2) is 18.2 Å². The number of nitrogens with zero attached hydrogens (tertiary/aromatic N) is 2. The van der Waals surface area contributed by atoms with E-state index in [4.69, 9.17) is 4.74 Å². The van der Waals surface area contributed by atoms with Crippen LogP contribution in [0.3, 0.4) is 0 Å². The number of rotatable bonds is 7. The Kier molecular flexibility index (Phi) is 6.82. The maximum atomic E-state index is 13.4. The number of carbonyl (C=O) groups is 4. The lowest BCUT2D eigenvalue weighted by molar-refractivity contribution is -0.136. The Morgan fingerprint density at radius 1 is 1.12 bits per heavy atom. The zero-order valence-electron chi connectivity index (χ0n) is 24.0. The average molecular weight is 551 g/mol. The van der Waals surface area contributed by atoms with E-state index in [2.05, 4.69) is 21.6 Å². The van der Waals surface area contributed by atoms with Crippen molar-refractivity contribution in [3.8, 4) is 0 Å². The predicted octanol–water partition coefficient (Wildman–Crippen LogP) is 4.14. The van der Waals surface area contributed by atoms with Crippen LogP contribution in [0.5, 0.6) is 0 Å². The molecular formula is C31H42N4O5. The molecule has 1 aromatic carbocycles. The molecule has 0 bridgehead atoms. The molecule has 0 radical (unpaired) electrons. The average Bonchev–Trinajstić information content (AvgIpc) is 3.12. The fourth-order valence-electron chi connectivity index (χ4n) is 7.62. The molecule has 4 amide bonds. The van der Waals surface area contributed by atoms with E-state index in [-0.39, 0.29) is 36.3 Å². The van der Waals surface area contributed by atoms with Crippen LogP contribution in [0.25, 0.3) is 0 Å². The van der Waals surface area contributed by atoms with Crippen LogP contribution in [0.1, 0.15) is 94.5 Å². The van der Waals surface area contributed by atoms with Crippen molar-refractivity contribution in [2.75, 3.05) is 18.0 Å². The lowest BCUT2D eigenvalue weighted by Gasteiger charge is -2.55. The van der Waals surface area contributed by atoms with Gasteiger partial charge in [-0.25, -0.2) is 4.79 Å². The zero-order valence-corrected chi connectivity index (χ0v) is 24.0. The Hall–Kier alpha value is -3.10. The molecule has 40 heavy (non-hydrogen) atoms. The molecule has 6 rings (SSSR count). The highest BCUT2D eigenvalue weighted by molar-refractivity contribution is 6.06. The summed E-state index contributed by atoms with van der Waals surface area (Å²) in [5.74, 6) is 0.303. The van der Waals surface area contributed by atoms with E-state index in [1.807, 2.05) is 32.9 Å². The molecule has 4 fully saturated rings. The Morgan fingerprint density at radius 2 is 1.85 bits per heavy atom. The van der Waals surface area contributed by atoms with Gasteiger partial charge < -0.3 is 19.9 Å². The topological polar surface area (TPSA) is 108 Å². The number of fused-ring (bicyclic) bond motifs is 1. The molecule has 216 valence electrons. The van der Waals surface area contributed by atoms with E-state index in [1.165, 1.54) is 32.1 Å². The molecule has 3 saturated carbocycles. The third-order valence-electron chi connectivity index (χ3n) is 9.67. The van der Waals surface area contributed by atoms with Crippen LogP contribution in [-0.4, -0.2) is 59.5 Å². The maximum Gasteiger partial charge on any atom is 0.407 e. The number of alkyl carbamates (subject to hydrolysis) is 1. The molecule has 1 aromatic rings. The number of ether oxygens (including phenoxy) is 1. The Bertz CT molecular complexity index is 1200. The van der Waals surface area contributed by atoms with Gasteiger partial charge in [0.1, 0.15) is 11.6 Å². The SMILES string of the molecule is CC(C)(C)OC(=O)NC1CC(CN(CC2CC3(CCC3)C2)c2cccc3c2CN([C@@H]2CCC(=O)NC2=O)C3=O)C1.